The second-order valence-corrected chi connectivity index (χ2v) is 6.32. The topological polar surface area (TPSA) is 67.8 Å². The summed E-state index contributed by atoms with van der Waals surface area (Å²) in [5.41, 5.74) is 2.68. The van der Waals surface area contributed by atoms with Crippen molar-refractivity contribution in [1.82, 2.24) is 0 Å². The summed E-state index contributed by atoms with van der Waals surface area (Å²) in [6, 6.07) is 11.2. The van der Waals surface area contributed by atoms with E-state index in [9.17, 15) is 9.90 Å². The van der Waals surface area contributed by atoms with E-state index in [0.29, 0.717) is 11.5 Å². The van der Waals surface area contributed by atoms with Gasteiger partial charge < -0.3 is 19.9 Å². The molecule has 0 heterocycles. The van der Waals surface area contributed by atoms with E-state index in [-0.39, 0.29) is 19.1 Å². The summed E-state index contributed by atoms with van der Waals surface area (Å²) >= 11 is 2.09. The minimum Gasteiger partial charge on any atom is -0.493 e. The third kappa shape index (κ3) is 4.85. The van der Waals surface area contributed by atoms with Crippen LogP contribution in [0.25, 0.3) is 0 Å². The van der Waals surface area contributed by atoms with Gasteiger partial charge in [0.15, 0.2) is 18.1 Å². The van der Waals surface area contributed by atoms with Gasteiger partial charge in [0.1, 0.15) is 0 Å². The number of aryl methyl sites for hydroxylation is 1. The normalized spacial score (nSPS) is 10.3. The molecule has 24 heavy (non-hydrogen) atoms. The lowest BCUT2D eigenvalue weighted by molar-refractivity contribution is -0.118. The molecule has 5 nitrogen and oxygen atoms in total. The van der Waals surface area contributed by atoms with Crippen molar-refractivity contribution < 1.29 is 19.4 Å². The Morgan fingerprint density at radius 1 is 1.21 bits per heavy atom. The van der Waals surface area contributed by atoms with Gasteiger partial charge >= 0.3 is 0 Å². The van der Waals surface area contributed by atoms with Gasteiger partial charge in [0.05, 0.1) is 17.3 Å². The highest BCUT2D eigenvalue weighted by Crippen LogP contribution is 2.34. The molecule has 0 fully saturated rings. The Kier molecular flexibility index (Phi) is 6.86. The smallest absolute Gasteiger partial charge is 0.262 e. The van der Waals surface area contributed by atoms with Crippen LogP contribution in [0.15, 0.2) is 36.4 Å². The lowest BCUT2D eigenvalue weighted by atomic mass is 10.1. The Hall–Kier alpha value is -1.80. The predicted molar refractivity (Wildman–Crippen MR) is 102 cm³/mol. The first-order chi connectivity index (χ1) is 11.6. The van der Waals surface area contributed by atoms with Crippen molar-refractivity contribution in [2.75, 3.05) is 19.0 Å². The molecule has 0 saturated heterocycles. The van der Waals surface area contributed by atoms with Gasteiger partial charge in [0.2, 0.25) is 0 Å². The van der Waals surface area contributed by atoms with Crippen LogP contribution < -0.4 is 14.8 Å². The van der Waals surface area contributed by atoms with Gasteiger partial charge in [-0.25, -0.2) is 0 Å². The average Bonchev–Trinajstić information content (AvgIpc) is 2.60. The number of amides is 1. The maximum atomic E-state index is 12.1. The fourth-order valence-corrected chi connectivity index (χ4v) is 2.98. The molecule has 0 aliphatic rings. The van der Waals surface area contributed by atoms with Crippen molar-refractivity contribution in [2.45, 2.75) is 20.0 Å². The monoisotopic (exact) mass is 441 g/mol. The summed E-state index contributed by atoms with van der Waals surface area (Å²) in [6.07, 6.45) is 0.958. The number of nitrogens with one attached hydrogen (secondary N) is 1. The Morgan fingerprint density at radius 3 is 2.50 bits per heavy atom. The zero-order valence-electron chi connectivity index (χ0n) is 13.6. The number of ether oxygens (including phenoxy) is 2. The first kappa shape index (κ1) is 18.5. The summed E-state index contributed by atoms with van der Waals surface area (Å²) in [5, 5.41) is 12.0. The number of hydrogen-bond acceptors (Lipinski definition) is 4. The van der Waals surface area contributed by atoms with E-state index < -0.39 is 0 Å². The van der Waals surface area contributed by atoms with Gasteiger partial charge in [-0.15, -0.1) is 0 Å². The quantitative estimate of drug-likeness (QED) is 0.647. The largest absolute Gasteiger partial charge is 0.493 e. The van der Waals surface area contributed by atoms with E-state index in [2.05, 4.69) is 34.8 Å². The maximum Gasteiger partial charge on any atom is 0.262 e. The van der Waals surface area contributed by atoms with Crippen molar-refractivity contribution in [3.63, 3.8) is 0 Å². The molecule has 2 aromatic rings. The Labute approximate surface area is 155 Å². The molecule has 0 atom stereocenters. The number of hydrogen-bond donors (Lipinski definition) is 2. The molecule has 2 N–H and O–H groups in total. The SMILES string of the molecule is CCc1ccc(NC(=O)COc2c(I)cc(CO)cc2OC)cc1. The van der Waals surface area contributed by atoms with Gasteiger partial charge in [-0.3, -0.25) is 4.79 Å². The highest BCUT2D eigenvalue weighted by Gasteiger charge is 2.13. The molecule has 1 amide bonds. The van der Waals surface area contributed by atoms with Gasteiger partial charge in [-0.2, -0.15) is 0 Å². The zero-order valence-corrected chi connectivity index (χ0v) is 15.8. The van der Waals surface area contributed by atoms with Crippen LogP contribution in [0.2, 0.25) is 0 Å². The number of methoxy groups -OCH3 is 1. The van der Waals surface area contributed by atoms with E-state index in [1.165, 1.54) is 12.7 Å². The van der Waals surface area contributed by atoms with E-state index in [1.807, 2.05) is 24.3 Å². The summed E-state index contributed by atoms with van der Waals surface area (Å²) in [5.74, 6) is 0.737. The van der Waals surface area contributed by atoms with Crippen molar-refractivity contribution >= 4 is 34.2 Å². The maximum absolute atomic E-state index is 12.1. The lowest BCUT2D eigenvalue weighted by Gasteiger charge is -2.14. The number of aliphatic hydroxyl groups excluding tert-OH is 1. The van der Waals surface area contributed by atoms with Crippen molar-refractivity contribution in [3.05, 3.63) is 51.1 Å². The fraction of sp³-hybridized carbons (Fsp3) is 0.278. The second kappa shape index (κ2) is 8.89. The minimum atomic E-state index is -0.247. The van der Waals surface area contributed by atoms with E-state index >= 15 is 0 Å². The fourth-order valence-electron chi connectivity index (χ4n) is 2.16. The number of carbonyl (C=O) groups excluding carboxylic acids is 1. The Bertz CT molecular complexity index is 701. The summed E-state index contributed by atoms with van der Waals surface area (Å²) in [4.78, 5) is 12.1. The molecule has 0 aliphatic heterocycles. The average molecular weight is 441 g/mol. The molecule has 0 saturated carbocycles. The number of anilines is 1. The summed E-state index contributed by atoms with van der Waals surface area (Å²) in [7, 11) is 1.52. The molecule has 0 bridgehead atoms. The van der Waals surface area contributed by atoms with Crippen molar-refractivity contribution in [1.29, 1.82) is 0 Å². The van der Waals surface area contributed by atoms with Crippen LogP contribution in [-0.2, 0) is 17.8 Å². The standard InChI is InChI=1S/C18H20INO4/c1-3-12-4-6-14(7-5-12)20-17(22)11-24-18-15(19)8-13(10-21)9-16(18)23-2/h4-9,21H,3,10-11H2,1-2H3,(H,20,22). The predicted octanol–water partition coefficient (Wildman–Crippen LogP) is 3.37. The van der Waals surface area contributed by atoms with E-state index in [1.54, 1.807) is 12.1 Å². The summed E-state index contributed by atoms with van der Waals surface area (Å²) < 4.78 is 11.7. The van der Waals surface area contributed by atoms with Gasteiger partial charge in [0.25, 0.3) is 5.91 Å². The molecular weight excluding hydrogens is 421 g/mol. The van der Waals surface area contributed by atoms with Crippen LogP contribution in [0.5, 0.6) is 11.5 Å². The van der Waals surface area contributed by atoms with Crippen LogP contribution in [0, 0.1) is 3.57 Å². The van der Waals surface area contributed by atoms with Crippen LogP contribution in [-0.4, -0.2) is 24.7 Å². The molecule has 2 rings (SSSR count). The molecular formula is C18H20INO4. The number of halogens is 1. The Balaban J connectivity index is 2.00. The highest BCUT2D eigenvalue weighted by atomic mass is 127. The van der Waals surface area contributed by atoms with Gasteiger partial charge in [-0.1, -0.05) is 19.1 Å². The molecule has 128 valence electrons. The molecule has 6 heteroatoms. The zero-order chi connectivity index (χ0) is 17.5. The first-order valence-corrected chi connectivity index (χ1v) is 8.64. The van der Waals surface area contributed by atoms with Crippen molar-refractivity contribution in [2.24, 2.45) is 0 Å². The number of aliphatic hydroxyl groups is 1. The molecule has 0 aliphatic carbocycles. The number of carbonyl (C=O) groups is 1. The van der Waals surface area contributed by atoms with Crippen molar-refractivity contribution in [3.8, 4) is 11.5 Å². The molecule has 0 spiro atoms. The van der Waals surface area contributed by atoms with E-state index in [4.69, 9.17) is 9.47 Å². The molecule has 0 radical (unpaired) electrons. The Morgan fingerprint density at radius 2 is 1.92 bits per heavy atom. The van der Waals surface area contributed by atoms with Gasteiger partial charge in [0, 0.05) is 5.69 Å². The number of rotatable bonds is 7. The van der Waals surface area contributed by atoms with Crippen LogP contribution in [0.4, 0.5) is 5.69 Å². The molecule has 2 aromatic carbocycles. The first-order valence-electron chi connectivity index (χ1n) is 7.56. The molecule has 0 aromatic heterocycles. The van der Waals surface area contributed by atoms with Crippen LogP contribution in [0.3, 0.4) is 0 Å². The third-order valence-corrected chi connectivity index (χ3v) is 4.27. The van der Waals surface area contributed by atoms with Crippen LogP contribution >= 0.6 is 22.6 Å². The third-order valence-electron chi connectivity index (χ3n) is 3.47. The summed E-state index contributed by atoms with van der Waals surface area (Å²) in [6.45, 7) is 1.87. The number of benzene rings is 2. The highest BCUT2D eigenvalue weighted by molar-refractivity contribution is 14.1. The van der Waals surface area contributed by atoms with E-state index in [0.717, 1.165) is 21.2 Å². The molecule has 0 unspecified atom stereocenters. The second-order valence-electron chi connectivity index (χ2n) is 5.15. The van der Waals surface area contributed by atoms with Gasteiger partial charge in [-0.05, 0) is 64.4 Å². The minimum absolute atomic E-state index is 0.0825. The van der Waals surface area contributed by atoms with Crippen LogP contribution in [0.1, 0.15) is 18.1 Å². The lowest BCUT2D eigenvalue weighted by Crippen LogP contribution is -2.20.